The van der Waals surface area contributed by atoms with E-state index in [0.717, 1.165) is 5.56 Å². The second kappa shape index (κ2) is 7.87. The van der Waals surface area contributed by atoms with Crippen LogP contribution in [0.1, 0.15) is 15.9 Å². The van der Waals surface area contributed by atoms with Gasteiger partial charge in [-0.25, -0.2) is 13.8 Å². The minimum atomic E-state index is -0.674. The number of carbonyl (C=O) groups excluding carboxylic acids is 1. The highest BCUT2D eigenvalue weighted by Crippen LogP contribution is 2.29. The highest BCUT2D eigenvalue weighted by atomic mass is 19.1. The summed E-state index contributed by atoms with van der Waals surface area (Å²) >= 11 is 0. The molecule has 2 aromatic carbocycles. The highest BCUT2D eigenvalue weighted by Gasteiger charge is 2.17. The molecule has 150 valence electrons. The summed E-state index contributed by atoms with van der Waals surface area (Å²) in [6, 6.07) is 16.0. The number of halogens is 2. The zero-order valence-electron chi connectivity index (χ0n) is 16.4. The van der Waals surface area contributed by atoms with E-state index in [2.05, 4.69) is 15.4 Å². The summed E-state index contributed by atoms with van der Waals surface area (Å²) in [5.74, 6) is -1.19. The van der Waals surface area contributed by atoms with Crippen LogP contribution in [0.15, 0.2) is 66.9 Å². The molecule has 0 saturated heterocycles. The molecular formula is C23H18F2N4O. The van der Waals surface area contributed by atoms with Crippen molar-refractivity contribution in [1.82, 2.24) is 14.8 Å². The van der Waals surface area contributed by atoms with Gasteiger partial charge < -0.3 is 5.32 Å². The number of benzene rings is 2. The maximum absolute atomic E-state index is 14.1. The molecule has 0 aliphatic heterocycles. The average molecular weight is 404 g/mol. The Hall–Kier alpha value is -3.87. The van der Waals surface area contributed by atoms with Crippen molar-refractivity contribution >= 4 is 11.7 Å². The van der Waals surface area contributed by atoms with E-state index >= 15 is 0 Å². The highest BCUT2D eigenvalue weighted by molar-refractivity contribution is 6.04. The van der Waals surface area contributed by atoms with Crippen molar-refractivity contribution in [3.05, 3.63) is 89.6 Å². The fraction of sp³-hybridized carbons (Fsp3) is 0.0870. The summed E-state index contributed by atoms with van der Waals surface area (Å²) < 4.78 is 29.7. The summed E-state index contributed by atoms with van der Waals surface area (Å²) in [7, 11) is 1.69. The summed E-state index contributed by atoms with van der Waals surface area (Å²) in [5.41, 5.74) is 2.80. The number of rotatable bonds is 4. The zero-order valence-corrected chi connectivity index (χ0v) is 16.4. The Morgan fingerprint density at radius 3 is 2.40 bits per heavy atom. The molecule has 30 heavy (non-hydrogen) atoms. The number of carbonyl (C=O) groups is 1. The molecule has 0 aliphatic rings. The molecular weight excluding hydrogens is 386 g/mol. The Balaban J connectivity index is 1.59. The fourth-order valence-corrected chi connectivity index (χ4v) is 3.23. The van der Waals surface area contributed by atoms with Gasteiger partial charge in [0.2, 0.25) is 0 Å². The van der Waals surface area contributed by atoms with Crippen LogP contribution in [0.4, 0.5) is 14.6 Å². The number of anilines is 1. The SMILES string of the molecule is Cc1ccccc1C(=O)Nc1ccc(-c2cc(-c3c(F)cccc3F)nn2C)cn1. The van der Waals surface area contributed by atoms with Gasteiger partial charge in [0.15, 0.2) is 0 Å². The second-order valence-electron chi connectivity index (χ2n) is 6.84. The van der Waals surface area contributed by atoms with E-state index in [1.54, 1.807) is 43.6 Å². The number of pyridine rings is 1. The standard InChI is InChI=1S/C23H18F2N4O/c1-14-6-3-4-7-16(14)23(30)27-21-11-10-15(13-26-21)20-12-19(28-29(20)2)22-17(24)8-5-9-18(22)25/h3-13H,1-2H3,(H,26,27,30). The number of aromatic nitrogens is 3. The van der Waals surface area contributed by atoms with Crippen molar-refractivity contribution in [1.29, 1.82) is 0 Å². The molecule has 0 bridgehead atoms. The largest absolute Gasteiger partial charge is 0.307 e. The van der Waals surface area contributed by atoms with Crippen molar-refractivity contribution in [2.75, 3.05) is 5.32 Å². The first kappa shape index (κ1) is 19.4. The average Bonchev–Trinajstić information content (AvgIpc) is 3.10. The van der Waals surface area contributed by atoms with Crippen molar-refractivity contribution in [2.45, 2.75) is 6.92 Å². The molecule has 2 heterocycles. The lowest BCUT2D eigenvalue weighted by atomic mass is 10.1. The molecule has 0 atom stereocenters. The summed E-state index contributed by atoms with van der Waals surface area (Å²) in [4.78, 5) is 16.7. The van der Waals surface area contributed by atoms with E-state index in [-0.39, 0.29) is 17.2 Å². The Labute approximate surface area is 172 Å². The Bertz CT molecular complexity index is 1210. The fourth-order valence-electron chi connectivity index (χ4n) is 3.23. The Morgan fingerprint density at radius 2 is 1.73 bits per heavy atom. The van der Waals surface area contributed by atoms with Crippen LogP contribution in [0.5, 0.6) is 0 Å². The maximum atomic E-state index is 14.1. The van der Waals surface area contributed by atoms with Crippen molar-refractivity contribution in [3.8, 4) is 22.5 Å². The normalized spacial score (nSPS) is 10.8. The third kappa shape index (κ3) is 3.69. The van der Waals surface area contributed by atoms with Crippen LogP contribution >= 0.6 is 0 Å². The molecule has 0 aliphatic carbocycles. The molecule has 5 nitrogen and oxygen atoms in total. The first-order valence-electron chi connectivity index (χ1n) is 9.26. The number of amides is 1. The molecule has 0 unspecified atom stereocenters. The van der Waals surface area contributed by atoms with E-state index in [0.29, 0.717) is 22.6 Å². The first-order valence-corrected chi connectivity index (χ1v) is 9.26. The molecule has 0 radical (unpaired) electrons. The van der Waals surface area contributed by atoms with Crippen LogP contribution in [0.2, 0.25) is 0 Å². The monoisotopic (exact) mass is 404 g/mol. The number of nitrogens with zero attached hydrogens (tertiary/aromatic N) is 3. The van der Waals surface area contributed by atoms with Crippen LogP contribution in [0.25, 0.3) is 22.5 Å². The van der Waals surface area contributed by atoms with Gasteiger partial charge in [0, 0.05) is 24.4 Å². The number of aryl methyl sites for hydroxylation is 2. The van der Waals surface area contributed by atoms with Crippen LogP contribution in [0.3, 0.4) is 0 Å². The molecule has 7 heteroatoms. The molecule has 0 spiro atoms. The van der Waals surface area contributed by atoms with Crippen molar-refractivity contribution < 1.29 is 13.6 Å². The Kier molecular flexibility index (Phi) is 5.10. The molecule has 1 N–H and O–H groups in total. The molecule has 0 fully saturated rings. The minimum absolute atomic E-state index is 0.172. The van der Waals surface area contributed by atoms with Gasteiger partial charge in [0.25, 0.3) is 5.91 Å². The Morgan fingerprint density at radius 1 is 1.00 bits per heavy atom. The lowest BCUT2D eigenvalue weighted by molar-refractivity contribution is 0.102. The second-order valence-corrected chi connectivity index (χ2v) is 6.84. The van der Waals surface area contributed by atoms with Gasteiger partial charge in [-0.3, -0.25) is 9.48 Å². The summed E-state index contributed by atoms with van der Waals surface area (Å²) in [6.45, 7) is 1.86. The van der Waals surface area contributed by atoms with Crippen LogP contribution < -0.4 is 5.32 Å². The molecule has 0 saturated carbocycles. The smallest absolute Gasteiger partial charge is 0.257 e. The lowest BCUT2D eigenvalue weighted by Gasteiger charge is -2.07. The third-order valence-corrected chi connectivity index (χ3v) is 4.79. The van der Waals surface area contributed by atoms with E-state index < -0.39 is 11.6 Å². The molecule has 2 aromatic heterocycles. The summed E-state index contributed by atoms with van der Waals surface area (Å²) in [6.07, 6.45) is 1.58. The third-order valence-electron chi connectivity index (χ3n) is 4.79. The minimum Gasteiger partial charge on any atom is -0.307 e. The van der Waals surface area contributed by atoms with Gasteiger partial charge in [0.05, 0.1) is 17.0 Å². The van der Waals surface area contributed by atoms with Crippen LogP contribution in [-0.2, 0) is 7.05 Å². The van der Waals surface area contributed by atoms with E-state index in [9.17, 15) is 13.6 Å². The summed E-state index contributed by atoms with van der Waals surface area (Å²) in [5, 5.41) is 7.00. The van der Waals surface area contributed by atoms with Gasteiger partial charge in [-0.1, -0.05) is 24.3 Å². The first-order chi connectivity index (χ1) is 14.4. The molecule has 4 aromatic rings. The lowest BCUT2D eigenvalue weighted by Crippen LogP contribution is -2.14. The molecule has 1 amide bonds. The van der Waals surface area contributed by atoms with Gasteiger partial charge in [0.1, 0.15) is 17.5 Å². The molecule has 4 rings (SSSR count). The van der Waals surface area contributed by atoms with Crippen LogP contribution in [0, 0.1) is 18.6 Å². The quantitative estimate of drug-likeness (QED) is 0.521. The number of nitrogens with one attached hydrogen (secondary N) is 1. The zero-order chi connectivity index (χ0) is 21.3. The van der Waals surface area contributed by atoms with Crippen molar-refractivity contribution in [3.63, 3.8) is 0 Å². The van der Waals surface area contributed by atoms with Crippen LogP contribution in [-0.4, -0.2) is 20.7 Å². The van der Waals surface area contributed by atoms with Gasteiger partial charge in [-0.05, 0) is 48.9 Å². The topological polar surface area (TPSA) is 59.8 Å². The number of hydrogen-bond donors (Lipinski definition) is 1. The van der Waals surface area contributed by atoms with E-state index in [1.807, 2.05) is 19.1 Å². The van der Waals surface area contributed by atoms with E-state index in [1.165, 1.54) is 22.9 Å². The van der Waals surface area contributed by atoms with Crippen molar-refractivity contribution in [2.24, 2.45) is 7.05 Å². The van der Waals surface area contributed by atoms with Gasteiger partial charge in [-0.2, -0.15) is 5.10 Å². The van der Waals surface area contributed by atoms with Gasteiger partial charge in [-0.15, -0.1) is 0 Å². The number of hydrogen-bond acceptors (Lipinski definition) is 3. The predicted molar refractivity (Wildman–Crippen MR) is 111 cm³/mol. The predicted octanol–water partition coefficient (Wildman–Crippen LogP) is 4.99. The maximum Gasteiger partial charge on any atom is 0.257 e. The van der Waals surface area contributed by atoms with E-state index in [4.69, 9.17) is 0 Å². The van der Waals surface area contributed by atoms with Gasteiger partial charge >= 0.3 is 0 Å².